The molecule has 0 bridgehead atoms. The normalized spacial score (nSPS) is 17.8. The maximum absolute atomic E-state index is 12.3. The molecule has 0 unspecified atom stereocenters. The average Bonchev–Trinajstić information content (AvgIpc) is 3.58. The molecule has 280 valence electrons. The van der Waals surface area contributed by atoms with E-state index in [1.54, 1.807) is 0 Å². The van der Waals surface area contributed by atoms with Crippen molar-refractivity contribution in [2.24, 2.45) is 0 Å². The topological polar surface area (TPSA) is 190 Å². The van der Waals surface area contributed by atoms with Gasteiger partial charge in [0.25, 0.3) is 20.1 Å². The van der Waals surface area contributed by atoms with Crippen LogP contribution >= 0.6 is 8.25 Å². The van der Waals surface area contributed by atoms with Crippen LogP contribution in [-0.2, 0) is 44.7 Å². The number of hydrogen-bond donors (Lipinski definition) is 0. The van der Waals surface area contributed by atoms with Gasteiger partial charge in [-0.05, 0) is 57.2 Å². The van der Waals surface area contributed by atoms with E-state index in [-0.39, 0.29) is 65.4 Å². The van der Waals surface area contributed by atoms with Gasteiger partial charge in [-0.3, -0.25) is 9.59 Å². The number of benzene rings is 2. The molecule has 16 heteroatoms. The molecule has 0 N–H and O–H groups in total. The Morgan fingerprint density at radius 2 is 1.51 bits per heavy atom. The molecular weight excluding hydrogens is 732 g/mol. The number of carbonyl (C=O) groups excluding carboxylic acids is 3. The Bertz CT molecular complexity index is 1890. The Morgan fingerprint density at radius 1 is 0.906 bits per heavy atom. The van der Waals surface area contributed by atoms with E-state index in [4.69, 9.17) is 19.2 Å². The van der Waals surface area contributed by atoms with Crippen LogP contribution in [0.5, 0.6) is 0 Å². The van der Waals surface area contributed by atoms with E-state index in [0.29, 0.717) is 30.9 Å². The summed E-state index contributed by atoms with van der Waals surface area (Å²) >= 11 is 0. The molecule has 3 aliphatic heterocycles. The molecule has 1 saturated heterocycles. The molecule has 0 spiro atoms. The summed E-state index contributed by atoms with van der Waals surface area (Å²) in [5, 5.41) is 0.598. The zero-order valence-corrected chi connectivity index (χ0v) is 34.6. The van der Waals surface area contributed by atoms with Crippen LogP contribution in [0.4, 0.5) is 11.4 Å². The third-order valence-corrected chi connectivity index (χ3v) is 10.4. The van der Waals surface area contributed by atoms with Gasteiger partial charge in [0.2, 0.25) is 5.69 Å². The summed E-state index contributed by atoms with van der Waals surface area (Å²) in [5.41, 5.74) is 6.43. The van der Waals surface area contributed by atoms with Gasteiger partial charge in [-0.2, -0.15) is 4.58 Å². The van der Waals surface area contributed by atoms with Crippen molar-refractivity contribution < 1.29 is 80.7 Å². The second kappa shape index (κ2) is 19.0. The molecule has 2 amide bonds. The van der Waals surface area contributed by atoms with E-state index in [1.807, 2.05) is 18.2 Å². The second-order valence-corrected chi connectivity index (χ2v) is 15.9. The first-order chi connectivity index (χ1) is 24.4. The van der Waals surface area contributed by atoms with Gasteiger partial charge in [0.15, 0.2) is 5.71 Å². The van der Waals surface area contributed by atoms with Gasteiger partial charge in [0.05, 0.1) is 15.5 Å². The van der Waals surface area contributed by atoms with Crippen molar-refractivity contribution in [2.75, 3.05) is 23.7 Å². The number of fused-ring (bicyclic) bond motifs is 2. The van der Waals surface area contributed by atoms with Crippen molar-refractivity contribution in [1.82, 2.24) is 5.06 Å². The molecule has 3 heterocycles. The molecule has 0 radical (unpaired) electrons. The number of allylic oxidation sites excluding steroid dienone is 4. The molecule has 2 aromatic rings. The number of carbonyl (C=O) groups is 3. The average molecular weight is 778 g/mol. The van der Waals surface area contributed by atoms with Crippen LogP contribution in [0.15, 0.2) is 72.5 Å². The van der Waals surface area contributed by atoms with E-state index >= 15 is 0 Å². The smallest absolute Gasteiger partial charge is 0.748 e. The molecule has 2 aromatic carbocycles. The summed E-state index contributed by atoms with van der Waals surface area (Å²) in [6.45, 7) is 10.2. The third kappa shape index (κ3) is 11.2. The van der Waals surface area contributed by atoms with Gasteiger partial charge in [-0.25, -0.2) is 13.2 Å². The monoisotopic (exact) mass is 777 g/mol. The summed E-state index contributed by atoms with van der Waals surface area (Å²) in [6, 6.07) is 16.7. The first-order valence-corrected chi connectivity index (χ1v) is 19.9. The zero-order valence-electron chi connectivity index (χ0n) is 30.9. The number of anilines is 1. The van der Waals surface area contributed by atoms with Gasteiger partial charge in [-0.15, -0.1) is 5.06 Å². The second-order valence-electron chi connectivity index (χ2n) is 13.9. The Labute approximate surface area is 334 Å². The quantitative estimate of drug-likeness (QED) is 0.0669. The molecule has 53 heavy (non-hydrogen) atoms. The van der Waals surface area contributed by atoms with Crippen molar-refractivity contribution in [1.29, 1.82) is 0 Å². The summed E-state index contributed by atoms with van der Waals surface area (Å²) in [4.78, 5) is 59.9. The van der Waals surface area contributed by atoms with E-state index in [9.17, 15) is 27.4 Å². The maximum atomic E-state index is 12.3. The number of hydrogen-bond acceptors (Lipinski definition) is 11. The largest absolute Gasteiger partial charge is 1.00 e. The Hall–Kier alpha value is -3.07. The third-order valence-electron chi connectivity index (χ3n) is 9.59. The van der Waals surface area contributed by atoms with Crippen molar-refractivity contribution in [2.45, 2.75) is 89.9 Å². The van der Waals surface area contributed by atoms with E-state index < -0.39 is 36.2 Å². The minimum absolute atomic E-state index is 0. The number of imide groups is 1. The predicted molar refractivity (Wildman–Crippen MR) is 190 cm³/mol. The number of hydroxylamine groups is 2. The molecular formula is C37H45N3NaO10PS. The van der Waals surface area contributed by atoms with E-state index in [2.05, 4.69) is 85.7 Å². The van der Waals surface area contributed by atoms with Crippen LogP contribution in [0.3, 0.4) is 0 Å². The molecule has 13 nitrogen and oxygen atoms in total. The number of rotatable bonds is 14. The molecule has 3 aliphatic rings. The number of nitrogens with zero attached hydrogens (tertiary/aromatic N) is 3. The standard InChI is InChI=1S/C37H45N3O7S.Na.HO3P/c1-36(2)27-15-7-9-17-29(27)38(24-11-5-6-21-35(43)47-40-33(41)22-23-34(40)42)31(36)19-14-20-32-37(3,4)28-16-8-10-18-30(28)39(32)25-12-13-26-48(44,45)46;;1-4(2)3/h7-10,14-20H,5-6,11-13,21-26H2,1-4H3;;(H,1,2,3)/q;+1;/p-1. The van der Waals surface area contributed by atoms with Crippen molar-refractivity contribution in [3.63, 3.8) is 0 Å². The molecule has 5 rings (SSSR count). The molecule has 1 fully saturated rings. The van der Waals surface area contributed by atoms with Gasteiger partial charge in [-0.1, -0.05) is 60.9 Å². The van der Waals surface area contributed by atoms with Crippen LogP contribution in [0.1, 0.15) is 90.2 Å². The molecule has 0 aliphatic carbocycles. The van der Waals surface area contributed by atoms with E-state index in [0.717, 1.165) is 42.2 Å². The summed E-state index contributed by atoms with van der Waals surface area (Å²) in [7, 11) is -7.62. The Balaban J connectivity index is 0.00000144. The fourth-order valence-electron chi connectivity index (χ4n) is 7.06. The molecule has 0 atom stereocenters. The summed E-state index contributed by atoms with van der Waals surface area (Å²) < 4.78 is 44.4. The van der Waals surface area contributed by atoms with Gasteiger partial charge >= 0.3 is 35.5 Å². The van der Waals surface area contributed by atoms with Crippen LogP contribution in [-0.4, -0.2) is 64.9 Å². The Morgan fingerprint density at radius 3 is 2.15 bits per heavy atom. The fourth-order valence-corrected chi connectivity index (χ4v) is 7.62. The predicted octanol–water partition coefficient (Wildman–Crippen LogP) is 1.16. The van der Waals surface area contributed by atoms with Crippen LogP contribution < -0.4 is 44.2 Å². The first-order valence-electron chi connectivity index (χ1n) is 17.3. The van der Waals surface area contributed by atoms with Crippen molar-refractivity contribution >= 4 is 53.2 Å². The number of unbranched alkanes of at least 4 members (excludes halogenated alkanes) is 3. The fraction of sp³-hybridized carbons (Fsp3) is 0.459. The first kappa shape index (κ1) is 44.3. The number of para-hydroxylation sites is 2. The summed E-state index contributed by atoms with van der Waals surface area (Å²) in [6.07, 6.45) is 9.77. The minimum atomic E-state index is -4.25. The SMILES string of the molecule is CC1(C)C(/C=C/C=C2/N(CCCCS(=O)(=O)[O-])c3ccccc3C2(C)C)=[N+](CCCCCC(=O)ON2C(=O)CCC2=O)c2ccccc21.O=[P+]([O-])[O-].[Na+]. The van der Waals surface area contributed by atoms with E-state index in [1.165, 1.54) is 11.1 Å². The molecule has 0 aromatic heterocycles. The maximum Gasteiger partial charge on any atom is 1.00 e. The Kier molecular flexibility index (Phi) is 15.9. The number of amides is 2. The minimum Gasteiger partial charge on any atom is -0.748 e. The van der Waals surface area contributed by atoms with Gasteiger partial charge in [0, 0.05) is 72.5 Å². The zero-order chi connectivity index (χ0) is 38.3. The van der Waals surface area contributed by atoms with Gasteiger partial charge < -0.3 is 24.1 Å². The van der Waals surface area contributed by atoms with Crippen molar-refractivity contribution in [3.05, 3.63) is 83.6 Å². The van der Waals surface area contributed by atoms with Crippen LogP contribution in [0.2, 0.25) is 0 Å². The van der Waals surface area contributed by atoms with Gasteiger partial charge in [0.1, 0.15) is 6.54 Å². The van der Waals surface area contributed by atoms with Crippen LogP contribution in [0, 0.1) is 0 Å². The van der Waals surface area contributed by atoms with Crippen LogP contribution in [0.25, 0.3) is 0 Å². The van der Waals surface area contributed by atoms with Crippen molar-refractivity contribution in [3.8, 4) is 0 Å². The summed E-state index contributed by atoms with van der Waals surface area (Å²) in [5.74, 6) is -1.88. The molecule has 0 saturated carbocycles.